The lowest BCUT2D eigenvalue weighted by atomic mass is 9.84. The van der Waals surface area contributed by atoms with Crippen molar-refractivity contribution in [3.63, 3.8) is 0 Å². The average molecular weight is 213 g/mol. The van der Waals surface area contributed by atoms with E-state index in [0.29, 0.717) is 12.6 Å². The second-order valence-corrected chi connectivity index (χ2v) is 4.57. The van der Waals surface area contributed by atoms with Crippen molar-refractivity contribution in [2.45, 2.75) is 45.1 Å². The number of hydrogen-bond donors (Lipinski definition) is 2. The average Bonchev–Trinajstić information content (AvgIpc) is 2.29. The van der Waals surface area contributed by atoms with E-state index in [-0.39, 0.29) is 5.91 Å². The summed E-state index contributed by atoms with van der Waals surface area (Å²) in [5, 5.41) is 0. The molecule has 88 valence electrons. The molecule has 0 atom stereocenters. The fourth-order valence-electron chi connectivity index (χ4n) is 2.40. The smallest absolute Gasteiger partial charge is 0.248 e. The summed E-state index contributed by atoms with van der Waals surface area (Å²) in [7, 11) is 2.01. The summed E-state index contributed by atoms with van der Waals surface area (Å²) in [6.45, 7) is 2.68. The van der Waals surface area contributed by atoms with E-state index in [9.17, 15) is 4.79 Å². The van der Waals surface area contributed by atoms with E-state index in [1.54, 1.807) is 0 Å². The van der Waals surface area contributed by atoms with Gasteiger partial charge in [-0.3, -0.25) is 15.1 Å². The van der Waals surface area contributed by atoms with Gasteiger partial charge in [0, 0.05) is 6.04 Å². The quantitative estimate of drug-likeness (QED) is 0.414. The number of hydrazine groups is 1. The highest BCUT2D eigenvalue weighted by Crippen LogP contribution is 2.28. The van der Waals surface area contributed by atoms with E-state index in [1.807, 2.05) is 7.05 Å². The van der Waals surface area contributed by atoms with Gasteiger partial charge in [-0.1, -0.05) is 13.3 Å². The van der Waals surface area contributed by atoms with Crippen LogP contribution in [0.5, 0.6) is 0 Å². The van der Waals surface area contributed by atoms with Gasteiger partial charge in [0.25, 0.3) is 0 Å². The first-order valence-corrected chi connectivity index (χ1v) is 5.87. The Kier molecular flexibility index (Phi) is 5.05. The second kappa shape index (κ2) is 6.08. The van der Waals surface area contributed by atoms with Crippen molar-refractivity contribution < 1.29 is 4.79 Å². The van der Waals surface area contributed by atoms with Crippen molar-refractivity contribution in [3.05, 3.63) is 0 Å². The molecule has 0 aromatic carbocycles. The largest absolute Gasteiger partial charge is 0.295 e. The fraction of sp³-hybridized carbons (Fsp3) is 0.909. The molecule has 0 aromatic rings. The summed E-state index contributed by atoms with van der Waals surface area (Å²) in [5.41, 5.74) is 2.17. The molecule has 0 spiro atoms. The molecular formula is C11H23N3O. The summed E-state index contributed by atoms with van der Waals surface area (Å²) in [5.74, 6) is 5.87. The number of nitrogens with zero attached hydrogens (tertiary/aromatic N) is 1. The minimum Gasteiger partial charge on any atom is -0.295 e. The van der Waals surface area contributed by atoms with Crippen LogP contribution >= 0.6 is 0 Å². The van der Waals surface area contributed by atoms with Crippen LogP contribution in [0, 0.1) is 5.92 Å². The minimum absolute atomic E-state index is 0.102. The Morgan fingerprint density at radius 3 is 2.47 bits per heavy atom. The predicted octanol–water partition coefficient (Wildman–Crippen LogP) is 0.877. The zero-order chi connectivity index (χ0) is 11.3. The van der Waals surface area contributed by atoms with Crippen molar-refractivity contribution in [3.8, 4) is 0 Å². The minimum atomic E-state index is -0.102. The Balaban J connectivity index is 2.29. The Morgan fingerprint density at radius 2 is 2.00 bits per heavy atom. The highest BCUT2D eigenvalue weighted by atomic mass is 16.2. The molecule has 0 radical (unpaired) electrons. The number of carbonyl (C=O) groups excluding carboxylic acids is 1. The van der Waals surface area contributed by atoms with E-state index < -0.39 is 0 Å². The third-order valence-corrected chi connectivity index (χ3v) is 3.57. The van der Waals surface area contributed by atoms with Crippen LogP contribution < -0.4 is 11.3 Å². The predicted molar refractivity (Wildman–Crippen MR) is 61.0 cm³/mol. The maximum Gasteiger partial charge on any atom is 0.248 e. The third-order valence-electron chi connectivity index (χ3n) is 3.57. The van der Waals surface area contributed by atoms with Crippen LogP contribution in [0.3, 0.4) is 0 Å². The zero-order valence-corrected chi connectivity index (χ0v) is 9.83. The molecule has 1 fully saturated rings. The number of nitrogens with two attached hydrogens (primary N) is 1. The first kappa shape index (κ1) is 12.5. The number of likely N-dealkylation sites (N-methyl/N-ethyl adjacent to an activating group) is 1. The van der Waals surface area contributed by atoms with E-state index in [1.165, 1.54) is 32.1 Å². The van der Waals surface area contributed by atoms with Crippen molar-refractivity contribution in [2.24, 2.45) is 11.8 Å². The van der Waals surface area contributed by atoms with Crippen molar-refractivity contribution >= 4 is 5.91 Å². The molecule has 0 bridgehead atoms. The monoisotopic (exact) mass is 213 g/mol. The molecule has 1 aliphatic carbocycles. The van der Waals surface area contributed by atoms with Crippen LogP contribution in [0.25, 0.3) is 0 Å². The van der Waals surface area contributed by atoms with Crippen LogP contribution in [0.1, 0.15) is 39.0 Å². The lowest BCUT2D eigenvalue weighted by molar-refractivity contribution is -0.122. The first-order valence-electron chi connectivity index (χ1n) is 5.87. The molecule has 4 heteroatoms. The topological polar surface area (TPSA) is 58.4 Å². The Hall–Kier alpha value is -0.610. The Bertz CT molecular complexity index is 200. The molecule has 1 saturated carbocycles. The highest BCUT2D eigenvalue weighted by molar-refractivity contribution is 5.77. The molecule has 1 rings (SSSR count). The SMILES string of the molecule is CCC1CCC(N(C)CC(=O)NN)CC1. The van der Waals surface area contributed by atoms with Crippen LogP contribution in [0.2, 0.25) is 0 Å². The fourth-order valence-corrected chi connectivity index (χ4v) is 2.40. The van der Waals surface area contributed by atoms with E-state index in [4.69, 9.17) is 5.84 Å². The summed E-state index contributed by atoms with van der Waals surface area (Å²) < 4.78 is 0. The number of nitrogens with one attached hydrogen (secondary N) is 1. The molecule has 15 heavy (non-hydrogen) atoms. The second-order valence-electron chi connectivity index (χ2n) is 4.57. The van der Waals surface area contributed by atoms with E-state index in [0.717, 1.165) is 5.92 Å². The molecule has 0 unspecified atom stereocenters. The first-order chi connectivity index (χ1) is 7.17. The standard InChI is InChI=1S/C11H23N3O/c1-3-9-4-6-10(7-5-9)14(2)8-11(15)13-12/h9-10H,3-8,12H2,1-2H3,(H,13,15). The molecule has 3 N–H and O–H groups in total. The lowest BCUT2D eigenvalue weighted by Gasteiger charge is -2.33. The van der Waals surface area contributed by atoms with Gasteiger partial charge in [-0.25, -0.2) is 5.84 Å². The Labute approximate surface area is 92.2 Å². The van der Waals surface area contributed by atoms with Gasteiger partial charge in [-0.05, 0) is 38.6 Å². The van der Waals surface area contributed by atoms with Crippen LogP contribution in [-0.4, -0.2) is 30.4 Å². The van der Waals surface area contributed by atoms with Gasteiger partial charge in [0.2, 0.25) is 5.91 Å². The van der Waals surface area contributed by atoms with E-state index >= 15 is 0 Å². The maximum absolute atomic E-state index is 11.1. The molecule has 0 heterocycles. The normalized spacial score (nSPS) is 26.7. The van der Waals surface area contributed by atoms with Gasteiger partial charge in [0.1, 0.15) is 0 Å². The van der Waals surface area contributed by atoms with Gasteiger partial charge in [-0.15, -0.1) is 0 Å². The van der Waals surface area contributed by atoms with Crippen LogP contribution in [0.15, 0.2) is 0 Å². The van der Waals surface area contributed by atoms with Crippen molar-refractivity contribution in [1.29, 1.82) is 0 Å². The van der Waals surface area contributed by atoms with Crippen LogP contribution in [-0.2, 0) is 4.79 Å². The lowest BCUT2D eigenvalue weighted by Crippen LogP contribution is -2.44. The molecule has 1 aliphatic rings. The number of rotatable bonds is 4. The van der Waals surface area contributed by atoms with Gasteiger partial charge < -0.3 is 0 Å². The van der Waals surface area contributed by atoms with Gasteiger partial charge >= 0.3 is 0 Å². The number of amides is 1. The summed E-state index contributed by atoms with van der Waals surface area (Å²) in [6.07, 6.45) is 6.32. The summed E-state index contributed by atoms with van der Waals surface area (Å²) in [4.78, 5) is 13.2. The summed E-state index contributed by atoms with van der Waals surface area (Å²) >= 11 is 0. The molecule has 1 amide bonds. The van der Waals surface area contributed by atoms with Gasteiger partial charge in [0.05, 0.1) is 6.54 Å². The molecule has 0 aliphatic heterocycles. The molecule has 0 aromatic heterocycles. The number of hydrogen-bond acceptors (Lipinski definition) is 3. The third kappa shape index (κ3) is 3.80. The highest BCUT2D eigenvalue weighted by Gasteiger charge is 2.23. The van der Waals surface area contributed by atoms with E-state index in [2.05, 4.69) is 17.2 Å². The Morgan fingerprint density at radius 1 is 1.40 bits per heavy atom. The van der Waals surface area contributed by atoms with Gasteiger partial charge in [0.15, 0.2) is 0 Å². The van der Waals surface area contributed by atoms with Crippen LogP contribution in [0.4, 0.5) is 0 Å². The summed E-state index contributed by atoms with van der Waals surface area (Å²) in [6, 6.07) is 0.560. The van der Waals surface area contributed by atoms with Crippen molar-refractivity contribution in [2.75, 3.05) is 13.6 Å². The number of carbonyl (C=O) groups is 1. The zero-order valence-electron chi connectivity index (χ0n) is 9.83. The van der Waals surface area contributed by atoms with Gasteiger partial charge in [-0.2, -0.15) is 0 Å². The molecule has 4 nitrogen and oxygen atoms in total. The molecular weight excluding hydrogens is 190 g/mol. The van der Waals surface area contributed by atoms with Crippen molar-refractivity contribution in [1.82, 2.24) is 10.3 Å². The maximum atomic E-state index is 11.1. The molecule has 0 saturated heterocycles.